The van der Waals surface area contributed by atoms with Crippen molar-refractivity contribution in [2.24, 2.45) is 11.3 Å². The van der Waals surface area contributed by atoms with Crippen LogP contribution in [-0.2, 0) is 0 Å². The highest BCUT2D eigenvalue weighted by atomic mass is 14.9. The molecular formula is C8H16N3+. The van der Waals surface area contributed by atoms with Crippen LogP contribution in [0.3, 0.4) is 0 Å². The van der Waals surface area contributed by atoms with Crippen LogP contribution in [0.1, 0.15) is 20.3 Å². The fraction of sp³-hybridized carbons (Fsp3) is 0.875. The topological polar surface area (TPSA) is 50.0 Å². The summed E-state index contributed by atoms with van der Waals surface area (Å²) in [5, 5.41) is 3.35. The molecule has 1 heterocycles. The minimum Gasteiger partial charge on any atom is -0.316 e. The molecule has 11 heavy (non-hydrogen) atoms. The summed E-state index contributed by atoms with van der Waals surface area (Å²) in [6, 6.07) is 0. The summed E-state index contributed by atoms with van der Waals surface area (Å²) in [7, 11) is 0. The van der Waals surface area contributed by atoms with Gasteiger partial charge in [0.25, 0.3) is 0 Å². The molecule has 0 saturated carbocycles. The molecule has 1 aliphatic heterocycles. The van der Waals surface area contributed by atoms with Crippen molar-refractivity contribution in [1.82, 2.24) is 5.32 Å². The highest BCUT2D eigenvalue weighted by Gasteiger charge is 2.36. The summed E-state index contributed by atoms with van der Waals surface area (Å²) >= 11 is 0. The molecule has 1 fully saturated rings. The van der Waals surface area contributed by atoms with E-state index in [0.717, 1.165) is 19.5 Å². The summed E-state index contributed by atoms with van der Waals surface area (Å²) < 4.78 is 0. The van der Waals surface area contributed by atoms with E-state index in [-0.39, 0.29) is 0 Å². The SMILES string of the molecule is CC1CNCC1(C)CC=[N+]=N. The van der Waals surface area contributed by atoms with Gasteiger partial charge in [-0.05, 0) is 17.9 Å². The van der Waals surface area contributed by atoms with Crippen molar-refractivity contribution < 1.29 is 4.79 Å². The Labute approximate surface area is 67.4 Å². The van der Waals surface area contributed by atoms with E-state index in [1.165, 1.54) is 0 Å². The maximum atomic E-state index is 6.67. The van der Waals surface area contributed by atoms with Crippen molar-refractivity contribution >= 4 is 6.21 Å². The molecule has 1 saturated heterocycles. The lowest BCUT2D eigenvalue weighted by atomic mass is 9.79. The lowest BCUT2D eigenvalue weighted by molar-refractivity contribution is -0.116. The van der Waals surface area contributed by atoms with E-state index in [2.05, 4.69) is 24.0 Å². The molecule has 0 spiro atoms. The summed E-state index contributed by atoms with van der Waals surface area (Å²) in [5.74, 6) is 0.695. The highest BCUT2D eigenvalue weighted by Crippen LogP contribution is 2.32. The summed E-state index contributed by atoms with van der Waals surface area (Å²) in [5.41, 5.74) is 6.99. The number of hydrogen-bond donors (Lipinski definition) is 2. The molecule has 2 N–H and O–H groups in total. The van der Waals surface area contributed by atoms with Gasteiger partial charge in [0.2, 0.25) is 0 Å². The first-order valence-electron chi connectivity index (χ1n) is 4.08. The second kappa shape index (κ2) is 3.16. The Bertz CT molecular complexity index is 184. The quantitative estimate of drug-likeness (QED) is 0.347. The minimum atomic E-state index is 0.324. The smallest absolute Gasteiger partial charge is 0.307 e. The normalized spacial score (nSPS) is 36.7. The van der Waals surface area contributed by atoms with Crippen LogP contribution in [-0.4, -0.2) is 24.1 Å². The van der Waals surface area contributed by atoms with Gasteiger partial charge in [-0.25, -0.2) is 0 Å². The molecule has 3 heteroatoms. The second-order valence-electron chi connectivity index (χ2n) is 3.70. The molecule has 62 valence electrons. The van der Waals surface area contributed by atoms with Crippen LogP contribution >= 0.6 is 0 Å². The molecule has 0 aromatic heterocycles. The average Bonchev–Trinajstić information content (AvgIpc) is 2.30. The lowest BCUT2D eigenvalue weighted by Gasteiger charge is -2.23. The Balaban J connectivity index is 2.57. The molecule has 0 radical (unpaired) electrons. The first kappa shape index (κ1) is 8.44. The van der Waals surface area contributed by atoms with Crippen LogP contribution in [0.4, 0.5) is 0 Å². The number of hydrogen-bond acceptors (Lipinski definition) is 2. The third kappa shape index (κ3) is 1.67. The van der Waals surface area contributed by atoms with Crippen molar-refractivity contribution in [3.63, 3.8) is 0 Å². The number of nitrogens with zero attached hydrogens (tertiary/aromatic N) is 1. The number of nitrogens with one attached hydrogen (secondary N) is 2. The van der Waals surface area contributed by atoms with E-state index in [9.17, 15) is 0 Å². The van der Waals surface area contributed by atoms with Gasteiger partial charge < -0.3 is 5.32 Å². The summed E-state index contributed by atoms with van der Waals surface area (Å²) in [6.45, 7) is 6.65. The Kier molecular flexibility index (Phi) is 2.42. The van der Waals surface area contributed by atoms with Crippen LogP contribution in [0.25, 0.3) is 0 Å². The Morgan fingerprint density at radius 1 is 1.82 bits per heavy atom. The first-order valence-corrected chi connectivity index (χ1v) is 4.08. The predicted molar refractivity (Wildman–Crippen MR) is 43.8 cm³/mol. The second-order valence-corrected chi connectivity index (χ2v) is 3.70. The third-order valence-electron chi connectivity index (χ3n) is 2.82. The number of rotatable bonds is 2. The van der Waals surface area contributed by atoms with E-state index in [4.69, 9.17) is 5.53 Å². The summed E-state index contributed by atoms with van der Waals surface area (Å²) in [4.78, 5) is 3.28. The predicted octanol–water partition coefficient (Wildman–Crippen LogP) is 0.932. The van der Waals surface area contributed by atoms with Gasteiger partial charge in [-0.2, -0.15) is 0 Å². The van der Waals surface area contributed by atoms with E-state index >= 15 is 0 Å². The zero-order chi connectivity index (χ0) is 8.32. The van der Waals surface area contributed by atoms with Crippen LogP contribution in [0.5, 0.6) is 0 Å². The van der Waals surface area contributed by atoms with E-state index < -0.39 is 0 Å². The highest BCUT2D eigenvalue weighted by molar-refractivity contribution is 5.51. The average molecular weight is 154 g/mol. The summed E-state index contributed by atoms with van der Waals surface area (Å²) in [6.07, 6.45) is 2.62. The van der Waals surface area contributed by atoms with Crippen molar-refractivity contribution in [2.45, 2.75) is 20.3 Å². The Morgan fingerprint density at radius 3 is 3.00 bits per heavy atom. The molecule has 3 nitrogen and oxygen atoms in total. The standard InChI is InChI=1S/C8H16N3/c1-7-5-10-6-8(7,2)3-4-11-9/h4,7,9-10H,3,5-6H2,1-2H3/q+1. The van der Waals surface area contributed by atoms with Gasteiger partial charge in [-0.3, -0.25) is 0 Å². The van der Waals surface area contributed by atoms with E-state index in [1.54, 1.807) is 6.21 Å². The molecule has 2 unspecified atom stereocenters. The van der Waals surface area contributed by atoms with Gasteiger partial charge >= 0.3 is 6.21 Å². The fourth-order valence-corrected chi connectivity index (χ4v) is 1.52. The Morgan fingerprint density at radius 2 is 2.55 bits per heavy atom. The van der Waals surface area contributed by atoms with Crippen LogP contribution in [0.15, 0.2) is 0 Å². The minimum absolute atomic E-state index is 0.324. The van der Waals surface area contributed by atoms with Gasteiger partial charge in [0.1, 0.15) is 0 Å². The first-order chi connectivity index (χ1) is 5.19. The van der Waals surface area contributed by atoms with E-state index in [0.29, 0.717) is 11.3 Å². The zero-order valence-corrected chi connectivity index (χ0v) is 7.22. The van der Waals surface area contributed by atoms with Gasteiger partial charge in [0.05, 0.1) is 12.0 Å². The van der Waals surface area contributed by atoms with Crippen molar-refractivity contribution in [3.05, 3.63) is 0 Å². The molecule has 0 bridgehead atoms. The van der Waals surface area contributed by atoms with E-state index in [1.807, 2.05) is 0 Å². The van der Waals surface area contributed by atoms with Gasteiger partial charge in [0, 0.05) is 11.3 Å². The fourth-order valence-electron chi connectivity index (χ4n) is 1.52. The van der Waals surface area contributed by atoms with Crippen molar-refractivity contribution in [3.8, 4) is 0 Å². The third-order valence-corrected chi connectivity index (χ3v) is 2.82. The lowest BCUT2D eigenvalue weighted by Crippen LogP contribution is -2.25. The molecular weight excluding hydrogens is 138 g/mol. The van der Waals surface area contributed by atoms with Crippen molar-refractivity contribution in [1.29, 1.82) is 5.53 Å². The molecule has 1 rings (SSSR count). The van der Waals surface area contributed by atoms with Crippen LogP contribution < -0.4 is 5.32 Å². The molecule has 0 aromatic carbocycles. The van der Waals surface area contributed by atoms with Gasteiger partial charge in [-0.15, -0.1) is 0 Å². The molecule has 0 aliphatic carbocycles. The maximum Gasteiger partial charge on any atom is 0.307 e. The van der Waals surface area contributed by atoms with Crippen molar-refractivity contribution in [2.75, 3.05) is 13.1 Å². The molecule has 0 aromatic rings. The maximum absolute atomic E-state index is 6.67. The van der Waals surface area contributed by atoms with Gasteiger partial charge in [-0.1, -0.05) is 13.8 Å². The molecule has 2 atom stereocenters. The largest absolute Gasteiger partial charge is 0.316 e. The molecule has 0 amide bonds. The zero-order valence-electron chi connectivity index (χ0n) is 7.22. The Hall–Kier alpha value is -0.660. The molecule has 1 aliphatic rings. The van der Waals surface area contributed by atoms with Crippen LogP contribution in [0.2, 0.25) is 0 Å². The monoisotopic (exact) mass is 154 g/mol. The van der Waals surface area contributed by atoms with Gasteiger partial charge in [0.15, 0.2) is 0 Å². The van der Waals surface area contributed by atoms with Crippen LogP contribution in [0, 0.1) is 16.9 Å².